The smallest absolute Gasteiger partial charge is 0.143 e. The second-order valence-electron chi connectivity index (χ2n) is 14.5. The number of para-hydroxylation sites is 1. The number of furan rings is 1. The average Bonchev–Trinajstić information content (AvgIpc) is 3.67. The lowest BCUT2D eigenvalue weighted by atomic mass is 9.82. The molecule has 2 heteroatoms. The van der Waals surface area contributed by atoms with Gasteiger partial charge in [0.1, 0.15) is 11.2 Å². The van der Waals surface area contributed by atoms with Crippen LogP contribution in [0, 0.1) is 0 Å². The van der Waals surface area contributed by atoms with E-state index in [4.69, 9.17) is 4.42 Å². The molecule has 9 aromatic carbocycles. The predicted octanol–water partition coefficient (Wildman–Crippen LogP) is 14.0. The summed E-state index contributed by atoms with van der Waals surface area (Å²) in [5.41, 5.74) is 10.2. The Morgan fingerprint density at radius 1 is 0.431 bits per heavy atom. The third-order valence-corrected chi connectivity index (χ3v) is 11.4. The van der Waals surface area contributed by atoms with Gasteiger partial charge in [-0.1, -0.05) is 141 Å². The molecule has 51 heavy (non-hydrogen) atoms. The summed E-state index contributed by atoms with van der Waals surface area (Å²) in [6.45, 7) is 4.68. The molecule has 0 saturated heterocycles. The second-order valence-corrected chi connectivity index (χ2v) is 14.5. The second kappa shape index (κ2) is 10.3. The minimum Gasteiger partial charge on any atom is -0.455 e. The minimum atomic E-state index is -0.163. The lowest BCUT2D eigenvalue weighted by Crippen LogP contribution is -2.15. The molecule has 1 aliphatic rings. The molecule has 0 atom stereocenters. The van der Waals surface area contributed by atoms with Crippen molar-refractivity contribution in [3.8, 4) is 11.1 Å². The van der Waals surface area contributed by atoms with Crippen LogP contribution in [0.3, 0.4) is 0 Å². The third-order valence-electron chi connectivity index (χ3n) is 11.4. The number of hydrogen-bond donors (Lipinski definition) is 0. The van der Waals surface area contributed by atoms with E-state index >= 15 is 0 Å². The van der Waals surface area contributed by atoms with Crippen molar-refractivity contribution in [2.24, 2.45) is 0 Å². The van der Waals surface area contributed by atoms with Gasteiger partial charge in [0.25, 0.3) is 0 Å². The Morgan fingerprint density at radius 2 is 0.980 bits per heavy atom. The first kappa shape index (κ1) is 28.5. The molecule has 10 aromatic rings. The highest BCUT2D eigenvalue weighted by molar-refractivity contribution is 6.26. The van der Waals surface area contributed by atoms with Crippen LogP contribution in [0.5, 0.6) is 0 Å². The normalized spacial score (nSPS) is 13.5. The van der Waals surface area contributed by atoms with Gasteiger partial charge in [0.05, 0.1) is 5.69 Å². The van der Waals surface area contributed by atoms with E-state index in [9.17, 15) is 0 Å². The van der Waals surface area contributed by atoms with Crippen molar-refractivity contribution in [3.63, 3.8) is 0 Å². The summed E-state index contributed by atoms with van der Waals surface area (Å²) in [5.74, 6) is 0. The van der Waals surface area contributed by atoms with Gasteiger partial charge >= 0.3 is 0 Å². The van der Waals surface area contributed by atoms with Gasteiger partial charge in [-0.15, -0.1) is 0 Å². The number of hydrogen-bond acceptors (Lipinski definition) is 2. The Balaban J connectivity index is 1.21. The number of rotatable bonds is 3. The molecule has 1 aromatic heterocycles. The maximum Gasteiger partial charge on any atom is 0.143 e. The van der Waals surface area contributed by atoms with E-state index in [0.29, 0.717) is 0 Å². The first-order valence-electron chi connectivity index (χ1n) is 17.8. The van der Waals surface area contributed by atoms with Gasteiger partial charge < -0.3 is 9.32 Å². The van der Waals surface area contributed by atoms with Crippen molar-refractivity contribution in [2.75, 3.05) is 4.90 Å². The van der Waals surface area contributed by atoms with Gasteiger partial charge in [-0.25, -0.2) is 0 Å². The number of anilines is 3. The van der Waals surface area contributed by atoms with Gasteiger partial charge in [0.2, 0.25) is 0 Å². The van der Waals surface area contributed by atoms with E-state index in [1.165, 1.54) is 65.3 Å². The molecule has 0 bridgehead atoms. The van der Waals surface area contributed by atoms with Crippen LogP contribution in [0.4, 0.5) is 17.1 Å². The molecule has 0 unspecified atom stereocenters. The Bertz CT molecular complexity index is 3030. The molecule has 240 valence electrons. The Kier molecular flexibility index (Phi) is 5.76. The molecule has 0 spiro atoms. The fourth-order valence-corrected chi connectivity index (χ4v) is 9.01. The van der Waals surface area contributed by atoms with E-state index < -0.39 is 0 Å². The molecule has 0 aliphatic heterocycles. The van der Waals surface area contributed by atoms with Crippen molar-refractivity contribution in [2.45, 2.75) is 19.3 Å². The number of nitrogens with zero attached hydrogens (tertiary/aromatic N) is 1. The van der Waals surface area contributed by atoms with E-state index in [1.54, 1.807) is 0 Å². The van der Waals surface area contributed by atoms with Crippen LogP contribution in [0.1, 0.15) is 25.0 Å². The van der Waals surface area contributed by atoms with Crippen molar-refractivity contribution in [1.29, 1.82) is 0 Å². The highest BCUT2D eigenvalue weighted by atomic mass is 16.3. The van der Waals surface area contributed by atoms with Crippen molar-refractivity contribution in [3.05, 3.63) is 175 Å². The zero-order chi connectivity index (χ0) is 33.8. The predicted molar refractivity (Wildman–Crippen MR) is 216 cm³/mol. The maximum absolute atomic E-state index is 6.68. The Labute approximate surface area is 295 Å². The molecule has 1 heterocycles. The fourth-order valence-electron chi connectivity index (χ4n) is 9.01. The van der Waals surface area contributed by atoms with Crippen LogP contribution in [-0.4, -0.2) is 0 Å². The molecule has 1 aliphatic carbocycles. The molecule has 11 rings (SSSR count). The van der Waals surface area contributed by atoms with Crippen LogP contribution in [0.2, 0.25) is 0 Å². The summed E-state index contributed by atoms with van der Waals surface area (Å²) in [7, 11) is 0. The minimum absolute atomic E-state index is 0.163. The van der Waals surface area contributed by atoms with Crippen LogP contribution in [0.25, 0.3) is 76.2 Å². The molecular formula is C49H33NO. The summed E-state index contributed by atoms with van der Waals surface area (Å²) >= 11 is 0. The molecule has 0 amide bonds. The van der Waals surface area contributed by atoms with Gasteiger partial charge in [0.15, 0.2) is 0 Å². The molecule has 0 fully saturated rings. The number of fused-ring (bicyclic) bond motifs is 14. The molecule has 2 nitrogen and oxygen atoms in total. The van der Waals surface area contributed by atoms with Crippen LogP contribution >= 0.6 is 0 Å². The number of benzene rings is 9. The Hall–Kier alpha value is -6.38. The maximum atomic E-state index is 6.68. The van der Waals surface area contributed by atoms with Crippen LogP contribution in [0.15, 0.2) is 168 Å². The topological polar surface area (TPSA) is 16.4 Å². The van der Waals surface area contributed by atoms with Crippen LogP contribution in [-0.2, 0) is 5.41 Å². The van der Waals surface area contributed by atoms with E-state index in [0.717, 1.165) is 39.0 Å². The SMILES string of the molecule is CC1(C)c2ccc(N(c3ccc4c5ccccc5c5ccccc5c4c3)c3cccc4ccccc34)cc2-c2c1ccc1c2oc2ccccc21. The van der Waals surface area contributed by atoms with Gasteiger partial charge in [-0.3, -0.25) is 0 Å². The summed E-state index contributed by atoms with van der Waals surface area (Å²) in [6.07, 6.45) is 0. The first-order chi connectivity index (χ1) is 25.1. The van der Waals surface area contributed by atoms with Gasteiger partial charge in [-0.05, 0) is 90.8 Å². The third kappa shape index (κ3) is 3.93. The zero-order valence-corrected chi connectivity index (χ0v) is 28.4. The van der Waals surface area contributed by atoms with E-state index in [2.05, 4.69) is 183 Å². The summed E-state index contributed by atoms with van der Waals surface area (Å²) in [4.78, 5) is 2.45. The summed E-state index contributed by atoms with van der Waals surface area (Å²) < 4.78 is 6.68. The average molecular weight is 652 g/mol. The molecule has 0 saturated carbocycles. The van der Waals surface area contributed by atoms with E-state index in [-0.39, 0.29) is 5.41 Å². The largest absolute Gasteiger partial charge is 0.455 e. The van der Waals surface area contributed by atoms with Gasteiger partial charge in [-0.2, -0.15) is 0 Å². The van der Waals surface area contributed by atoms with Crippen molar-refractivity contribution >= 4 is 82.1 Å². The lowest BCUT2D eigenvalue weighted by molar-refractivity contribution is 0.653. The lowest BCUT2D eigenvalue weighted by Gasteiger charge is -2.28. The monoisotopic (exact) mass is 651 g/mol. The molecule has 0 N–H and O–H groups in total. The van der Waals surface area contributed by atoms with Crippen molar-refractivity contribution < 1.29 is 4.42 Å². The molecule has 0 radical (unpaired) electrons. The van der Waals surface area contributed by atoms with Crippen molar-refractivity contribution in [1.82, 2.24) is 0 Å². The quantitative estimate of drug-likeness (QED) is 0.177. The highest BCUT2D eigenvalue weighted by Crippen LogP contribution is 2.54. The summed E-state index contributed by atoms with van der Waals surface area (Å²) in [5, 5.41) is 12.4. The van der Waals surface area contributed by atoms with Crippen LogP contribution < -0.4 is 4.90 Å². The first-order valence-corrected chi connectivity index (χ1v) is 17.8. The standard InChI is InChI=1S/C49H33NO/c1-49(2)43-26-23-32(29-42(43)47-44(49)27-25-40-39-19-9-10-21-46(39)51-48(40)47)50(45-20-11-13-30-12-3-4-14-33(30)45)31-22-24-38-36-17-6-5-15-34(36)35-16-7-8-18-37(35)41(38)28-31/h3-29H,1-2H3. The highest BCUT2D eigenvalue weighted by Gasteiger charge is 2.38. The van der Waals surface area contributed by atoms with Gasteiger partial charge in [0, 0.05) is 38.5 Å². The summed E-state index contributed by atoms with van der Waals surface area (Å²) in [6, 6.07) is 60.0. The zero-order valence-electron chi connectivity index (χ0n) is 28.4. The van der Waals surface area contributed by atoms with E-state index in [1.807, 2.05) is 0 Å². The molecular weight excluding hydrogens is 619 g/mol. The Morgan fingerprint density at radius 3 is 1.75 bits per heavy atom. The fraction of sp³-hybridized carbons (Fsp3) is 0.0612.